The molecule has 0 aliphatic carbocycles. The molecule has 0 aliphatic rings. The van der Waals surface area contributed by atoms with E-state index in [1.54, 1.807) is 12.3 Å². The van der Waals surface area contributed by atoms with Crippen molar-refractivity contribution in [2.45, 2.75) is 12.7 Å². The molecule has 0 fully saturated rings. The van der Waals surface area contributed by atoms with E-state index < -0.39 is 5.91 Å². The summed E-state index contributed by atoms with van der Waals surface area (Å²) >= 11 is 1.51. The second-order valence-electron chi connectivity index (χ2n) is 4.13. The highest BCUT2D eigenvalue weighted by Gasteiger charge is 2.12. The van der Waals surface area contributed by atoms with Gasteiger partial charge in [0, 0.05) is 12.3 Å². The Bertz CT molecular complexity index is 684. The highest BCUT2D eigenvalue weighted by molar-refractivity contribution is 7.97. The molecular formula is C13H14N4O2S. The lowest BCUT2D eigenvalue weighted by Crippen LogP contribution is -2.21. The summed E-state index contributed by atoms with van der Waals surface area (Å²) in [5, 5.41) is 2.65. The Kier molecular flexibility index (Phi) is 4.52. The Hall–Kier alpha value is -2.15. The Morgan fingerprint density at radius 3 is 3.00 bits per heavy atom. The van der Waals surface area contributed by atoms with Gasteiger partial charge in [-0.15, -0.1) is 0 Å². The first-order valence-electron chi connectivity index (χ1n) is 5.92. The molecule has 0 aromatic carbocycles. The molecule has 0 aliphatic heterocycles. The molecule has 104 valence electrons. The maximum absolute atomic E-state index is 12.1. The van der Waals surface area contributed by atoms with E-state index in [9.17, 15) is 9.59 Å². The lowest BCUT2D eigenvalue weighted by atomic mass is 10.3. The molecule has 7 heteroatoms. The summed E-state index contributed by atoms with van der Waals surface area (Å²) in [7, 11) is 0. The number of aromatic nitrogens is 3. The first-order valence-corrected chi connectivity index (χ1v) is 7.31. The molecule has 2 N–H and O–H groups in total. The quantitative estimate of drug-likeness (QED) is 0.892. The molecule has 6 nitrogen and oxygen atoms in total. The molecule has 0 unspecified atom stereocenters. The Balaban J connectivity index is 2.25. The molecule has 0 saturated heterocycles. The number of hydrogen-bond donors (Lipinski definition) is 2. The van der Waals surface area contributed by atoms with E-state index in [2.05, 4.69) is 20.3 Å². The number of anilines is 1. The number of amides is 1. The van der Waals surface area contributed by atoms with Gasteiger partial charge in [0.2, 0.25) is 0 Å². The van der Waals surface area contributed by atoms with E-state index in [1.165, 1.54) is 17.8 Å². The predicted octanol–water partition coefficient (Wildman–Crippen LogP) is 1.59. The van der Waals surface area contributed by atoms with E-state index in [4.69, 9.17) is 0 Å². The van der Waals surface area contributed by atoms with Gasteiger partial charge < -0.3 is 10.3 Å². The van der Waals surface area contributed by atoms with Crippen molar-refractivity contribution < 1.29 is 4.79 Å². The largest absolute Gasteiger partial charge is 0.310 e. The molecule has 0 spiro atoms. The van der Waals surface area contributed by atoms with Crippen LogP contribution < -0.4 is 10.9 Å². The van der Waals surface area contributed by atoms with Crippen molar-refractivity contribution in [1.82, 2.24) is 15.0 Å². The van der Waals surface area contributed by atoms with Gasteiger partial charge >= 0.3 is 0 Å². The van der Waals surface area contributed by atoms with Crippen LogP contribution in [0.2, 0.25) is 0 Å². The maximum atomic E-state index is 12.1. The molecule has 0 bridgehead atoms. The molecular weight excluding hydrogens is 276 g/mol. The Morgan fingerprint density at radius 1 is 1.50 bits per heavy atom. The van der Waals surface area contributed by atoms with Crippen molar-refractivity contribution in [3.8, 4) is 0 Å². The van der Waals surface area contributed by atoms with Gasteiger partial charge in [-0.05, 0) is 24.8 Å². The van der Waals surface area contributed by atoms with Crippen molar-refractivity contribution >= 4 is 23.5 Å². The molecule has 0 atom stereocenters. The highest BCUT2D eigenvalue weighted by atomic mass is 32.2. The monoisotopic (exact) mass is 290 g/mol. The lowest BCUT2D eigenvalue weighted by Gasteiger charge is -2.07. The summed E-state index contributed by atoms with van der Waals surface area (Å²) in [6, 6.07) is 4.80. The third-order valence-electron chi connectivity index (χ3n) is 2.55. The van der Waals surface area contributed by atoms with Crippen LogP contribution in [0.3, 0.4) is 0 Å². The number of aromatic amines is 1. The van der Waals surface area contributed by atoms with Gasteiger partial charge in [-0.3, -0.25) is 9.59 Å². The summed E-state index contributed by atoms with van der Waals surface area (Å²) in [6.45, 7) is 1.84. The number of pyridine rings is 1. The van der Waals surface area contributed by atoms with Crippen molar-refractivity contribution in [3.05, 3.63) is 51.8 Å². The van der Waals surface area contributed by atoms with Crippen LogP contribution in [-0.2, 0) is 5.75 Å². The molecule has 0 radical (unpaired) electrons. The van der Waals surface area contributed by atoms with Crippen LogP contribution in [0.25, 0.3) is 0 Å². The summed E-state index contributed by atoms with van der Waals surface area (Å²) in [6.07, 6.45) is 3.48. The van der Waals surface area contributed by atoms with Crippen LogP contribution in [0.1, 0.15) is 21.9 Å². The highest BCUT2D eigenvalue weighted by Crippen LogP contribution is 2.10. The summed E-state index contributed by atoms with van der Waals surface area (Å²) in [5.74, 6) is 1.04. The molecule has 2 aromatic rings. The maximum Gasteiger partial charge on any atom is 0.275 e. The number of hydrogen-bond acceptors (Lipinski definition) is 5. The third-order valence-corrected chi connectivity index (χ3v) is 3.11. The van der Waals surface area contributed by atoms with Gasteiger partial charge in [0.1, 0.15) is 17.3 Å². The summed E-state index contributed by atoms with van der Waals surface area (Å²) in [5.41, 5.74) is 0.588. The van der Waals surface area contributed by atoms with E-state index in [0.29, 0.717) is 17.4 Å². The number of carbonyl (C=O) groups excluding carboxylic acids is 1. The van der Waals surface area contributed by atoms with Gasteiger partial charge in [-0.25, -0.2) is 9.97 Å². The zero-order valence-electron chi connectivity index (χ0n) is 11.1. The van der Waals surface area contributed by atoms with Gasteiger partial charge in [-0.2, -0.15) is 11.8 Å². The zero-order chi connectivity index (χ0) is 14.5. The average Bonchev–Trinajstić information content (AvgIpc) is 2.41. The fraction of sp³-hybridized carbons (Fsp3) is 0.231. The minimum Gasteiger partial charge on any atom is -0.310 e. The second-order valence-corrected chi connectivity index (χ2v) is 5.00. The van der Waals surface area contributed by atoms with E-state index in [0.717, 1.165) is 5.56 Å². The summed E-state index contributed by atoms with van der Waals surface area (Å²) in [4.78, 5) is 34.4. The Labute approximate surface area is 120 Å². The molecule has 1 amide bonds. The van der Waals surface area contributed by atoms with Gasteiger partial charge in [0.25, 0.3) is 11.5 Å². The van der Waals surface area contributed by atoms with Gasteiger partial charge in [-0.1, -0.05) is 6.07 Å². The van der Waals surface area contributed by atoms with Crippen LogP contribution in [0.4, 0.5) is 5.82 Å². The standard InChI is InChI=1S/C13H14N4O2S/c1-8-4-3-5-14-12(8)17-13(19)9-6-11(18)16-10(15-9)7-20-2/h3-6H,7H2,1-2H3,(H,14,17,19)(H,15,16,18). The van der Waals surface area contributed by atoms with Crippen molar-refractivity contribution in [3.63, 3.8) is 0 Å². The number of aryl methyl sites for hydroxylation is 1. The molecule has 20 heavy (non-hydrogen) atoms. The molecule has 2 aromatic heterocycles. The topological polar surface area (TPSA) is 87.7 Å². The van der Waals surface area contributed by atoms with Crippen molar-refractivity contribution in [2.24, 2.45) is 0 Å². The van der Waals surface area contributed by atoms with Crippen LogP contribution in [0, 0.1) is 6.92 Å². The smallest absolute Gasteiger partial charge is 0.275 e. The van der Waals surface area contributed by atoms with Crippen LogP contribution in [0.15, 0.2) is 29.2 Å². The van der Waals surface area contributed by atoms with Crippen molar-refractivity contribution in [1.29, 1.82) is 0 Å². The number of carbonyl (C=O) groups is 1. The number of nitrogens with one attached hydrogen (secondary N) is 2. The number of H-pyrrole nitrogens is 1. The van der Waals surface area contributed by atoms with E-state index in [-0.39, 0.29) is 11.3 Å². The lowest BCUT2D eigenvalue weighted by molar-refractivity contribution is 0.102. The van der Waals surface area contributed by atoms with E-state index >= 15 is 0 Å². The molecule has 2 heterocycles. The minimum absolute atomic E-state index is 0.0860. The predicted molar refractivity (Wildman–Crippen MR) is 79.0 cm³/mol. The number of thioether (sulfide) groups is 1. The van der Waals surface area contributed by atoms with Crippen LogP contribution in [-0.4, -0.2) is 27.1 Å². The normalized spacial score (nSPS) is 10.3. The summed E-state index contributed by atoms with van der Waals surface area (Å²) < 4.78 is 0. The number of rotatable bonds is 4. The fourth-order valence-corrected chi connectivity index (χ4v) is 2.03. The third kappa shape index (κ3) is 3.45. The molecule has 0 saturated carbocycles. The minimum atomic E-state index is -0.444. The molecule has 2 rings (SSSR count). The van der Waals surface area contributed by atoms with Gasteiger partial charge in [0.15, 0.2) is 0 Å². The zero-order valence-corrected chi connectivity index (χ0v) is 12.0. The van der Waals surface area contributed by atoms with Gasteiger partial charge in [0.05, 0.1) is 5.75 Å². The van der Waals surface area contributed by atoms with E-state index in [1.807, 2.05) is 19.2 Å². The average molecular weight is 290 g/mol. The number of nitrogens with zero attached hydrogens (tertiary/aromatic N) is 2. The first-order chi connectivity index (χ1) is 9.60. The van der Waals surface area contributed by atoms with Crippen LogP contribution in [0.5, 0.6) is 0 Å². The Morgan fingerprint density at radius 2 is 2.30 bits per heavy atom. The van der Waals surface area contributed by atoms with Crippen molar-refractivity contribution in [2.75, 3.05) is 11.6 Å². The first kappa shape index (κ1) is 14.3. The fourth-order valence-electron chi connectivity index (χ4n) is 1.62. The second kappa shape index (κ2) is 6.33. The van der Waals surface area contributed by atoms with Crippen LogP contribution >= 0.6 is 11.8 Å². The SMILES string of the molecule is CSCc1nc(C(=O)Nc2ncccc2C)cc(=O)[nH]1.